The predicted octanol–water partition coefficient (Wildman–Crippen LogP) is 2.86. The van der Waals surface area contributed by atoms with E-state index in [0.29, 0.717) is 11.7 Å². The van der Waals surface area contributed by atoms with E-state index in [9.17, 15) is 0 Å². The molecule has 2 aromatic rings. The second-order valence-electron chi connectivity index (χ2n) is 3.86. The number of anilines is 1. The molecule has 0 saturated carbocycles. The Morgan fingerprint density at radius 2 is 2.31 bits per heavy atom. The Bertz CT molecular complexity index is 489. The fraction of sp³-hybridized carbons (Fsp3) is 0.400. The zero-order valence-corrected chi connectivity index (χ0v) is 11.5. The summed E-state index contributed by atoms with van der Waals surface area (Å²) in [6.45, 7) is 4.90. The van der Waals surface area contributed by atoms with Gasteiger partial charge in [0.2, 0.25) is 0 Å². The minimum atomic E-state index is 0.328. The predicted molar refractivity (Wildman–Crippen MR) is 69.6 cm³/mol. The van der Waals surface area contributed by atoms with Crippen molar-refractivity contribution in [3.05, 3.63) is 26.5 Å². The molecule has 16 heavy (non-hydrogen) atoms. The molecule has 0 fully saturated rings. The van der Waals surface area contributed by atoms with E-state index in [4.69, 9.17) is 5.73 Å². The van der Waals surface area contributed by atoms with Gasteiger partial charge in [0.25, 0.3) is 0 Å². The van der Waals surface area contributed by atoms with E-state index in [1.54, 1.807) is 11.3 Å². The van der Waals surface area contributed by atoms with E-state index in [2.05, 4.69) is 45.5 Å². The second kappa shape index (κ2) is 4.55. The van der Waals surface area contributed by atoms with Crippen LogP contribution >= 0.6 is 27.3 Å². The summed E-state index contributed by atoms with van der Waals surface area (Å²) in [5, 5.41) is 10.1. The van der Waals surface area contributed by atoms with Gasteiger partial charge in [-0.15, -0.1) is 16.4 Å². The van der Waals surface area contributed by atoms with Crippen molar-refractivity contribution in [2.75, 3.05) is 5.73 Å². The van der Waals surface area contributed by atoms with Crippen molar-refractivity contribution < 1.29 is 0 Å². The molecular formula is C10H13BrN4S. The first kappa shape index (κ1) is 11.6. The fourth-order valence-electron chi connectivity index (χ4n) is 1.62. The highest BCUT2D eigenvalue weighted by atomic mass is 79.9. The first-order valence-corrected chi connectivity index (χ1v) is 6.67. The molecule has 86 valence electrons. The average Bonchev–Trinajstić information content (AvgIpc) is 2.75. The maximum Gasteiger partial charge on any atom is 0.169 e. The number of thiophene rings is 1. The first-order chi connectivity index (χ1) is 7.59. The van der Waals surface area contributed by atoms with Crippen molar-refractivity contribution in [2.45, 2.75) is 26.3 Å². The van der Waals surface area contributed by atoms with Crippen LogP contribution in [0.15, 0.2) is 15.9 Å². The highest BCUT2D eigenvalue weighted by molar-refractivity contribution is 9.10. The van der Waals surface area contributed by atoms with E-state index in [1.807, 2.05) is 10.7 Å². The normalized spacial score (nSPS) is 11.2. The summed E-state index contributed by atoms with van der Waals surface area (Å²) in [6, 6.07) is 2.04. The number of hydrogen-bond donors (Lipinski definition) is 1. The molecule has 2 aromatic heterocycles. The lowest BCUT2D eigenvalue weighted by atomic mass is 10.1. The first-order valence-electron chi connectivity index (χ1n) is 5.00. The molecule has 0 aliphatic carbocycles. The van der Waals surface area contributed by atoms with Gasteiger partial charge >= 0.3 is 0 Å². The van der Waals surface area contributed by atoms with Crippen molar-refractivity contribution >= 4 is 33.1 Å². The molecule has 2 N–H and O–H groups in total. The maximum absolute atomic E-state index is 5.81. The molecule has 0 aliphatic rings. The zero-order valence-electron chi connectivity index (χ0n) is 9.14. The second-order valence-corrected chi connectivity index (χ2v) is 5.72. The van der Waals surface area contributed by atoms with Gasteiger partial charge in [-0.25, -0.2) is 4.68 Å². The minimum absolute atomic E-state index is 0.328. The van der Waals surface area contributed by atoms with E-state index in [0.717, 1.165) is 16.7 Å². The van der Waals surface area contributed by atoms with Crippen molar-refractivity contribution in [1.82, 2.24) is 15.0 Å². The Morgan fingerprint density at radius 3 is 2.88 bits per heavy atom. The molecule has 0 bridgehead atoms. The molecule has 0 amide bonds. The number of hydrogen-bond acceptors (Lipinski definition) is 4. The SMILES string of the molecule is CC(C)c1c(N)nnn1Cc1sccc1Br. The van der Waals surface area contributed by atoms with Gasteiger partial charge in [0, 0.05) is 9.35 Å². The van der Waals surface area contributed by atoms with Gasteiger partial charge in [-0.1, -0.05) is 19.1 Å². The quantitative estimate of drug-likeness (QED) is 0.948. The molecule has 2 heterocycles. The zero-order chi connectivity index (χ0) is 11.7. The minimum Gasteiger partial charge on any atom is -0.381 e. The summed E-state index contributed by atoms with van der Waals surface area (Å²) in [5.74, 6) is 0.858. The maximum atomic E-state index is 5.81. The van der Waals surface area contributed by atoms with Gasteiger partial charge in [-0.05, 0) is 33.3 Å². The van der Waals surface area contributed by atoms with Gasteiger partial charge in [-0.3, -0.25) is 0 Å². The van der Waals surface area contributed by atoms with E-state index >= 15 is 0 Å². The molecule has 0 saturated heterocycles. The third kappa shape index (κ3) is 2.12. The Labute approximate surface area is 107 Å². The smallest absolute Gasteiger partial charge is 0.169 e. The number of rotatable bonds is 3. The number of halogens is 1. The molecule has 0 aromatic carbocycles. The van der Waals surface area contributed by atoms with Crippen molar-refractivity contribution in [3.63, 3.8) is 0 Å². The van der Waals surface area contributed by atoms with Gasteiger partial charge in [0.15, 0.2) is 5.82 Å². The Kier molecular flexibility index (Phi) is 3.30. The molecule has 0 spiro atoms. The largest absolute Gasteiger partial charge is 0.381 e. The van der Waals surface area contributed by atoms with E-state index in [1.165, 1.54) is 4.88 Å². The van der Waals surface area contributed by atoms with Crippen LogP contribution in [0.4, 0.5) is 5.82 Å². The fourth-order valence-corrected chi connectivity index (χ4v) is 3.08. The summed E-state index contributed by atoms with van der Waals surface area (Å²) in [7, 11) is 0. The monoisotopic (exact) mass is 300 g/mol. The van der Waals surface area contributed by atoms with Crippen LogP contribution in [0.25, 0.3) is 0 Å². The summed E-state index contributed by atoms with van der Waals surface area (Å²) >= 11 is 5.21. The van der Waals surface area contributed by atoms with Crippen LogP contribution in [-0.2, 0) is 6.54 Å². The Balaban J connectivity index is 2.32. The molecule has 0 atom stereocenters. The third-order valence-electron chi connectivity index (χ3n) is 2.33. The summed E-state index contributed by atoms with van der Waals surface area (Å²) < 4.78 is 2.98. The standard InChI is InChI=1S/C10H13BrN4S/c1-6(2)9-10(12)13-14-15(9)5-8-7(11)3-4-16-8/h3-4,6H,5,12H2,1-2H3. The average molecular weight is 301 g/mol. The highest BCUT2D eigenvalue weighted by Crippen LogP contribution is 2.26. The molecular weight excluding hydrogens is 288 g/mol. The van der Waals surface area contributed by atoms with Crippen LogP contribution in [0, 0.1) is 0 Å². The number of nitrogens with two attached hydrogens (primary N) is 1. The van der Waals surface area contributed by atoms with Crippen LogP contribution in [0.1, 0.15) is 30.3 Å². The Morgan fingerprint density at radius 1 is 1.56 bits per heavy atom. The molecule has 4 nitrogen and oxygen atoms in total. The lowest BCUT2D eigenvalue weighted by molar-refractivity contribution is 0.602. The summed E-state index contributed by atoms with van der Waals surface area (Å²) in [6.07, 6.45) is 0. The van der Waals surface area contributed by atoms with E-state index in [-0.39, 0.29) is 0 Å². The van der Waals surface area contributed by atoms with Crippen molar-refractivity contribution in [1.29, 1.82) is 0 Å². The van der Waals surface area contributed by atoms with E-state index < -0.39 is 0 Å². The number of nitrogen functional groups attached to an aromatic ring is 1. The van der Waals surface area contributed by atoms with Crippen LogP contribution in [0.2, 0.25) is 0 Å². The van der Waals surface area contributed by atoms with Gasteiger partial charge in [0.05, 0.1) is 12.2 Å². The molecule has 2 rings (SSSR count). The molecule has 0 radical (unpaired) electrons. The molecule has 0 unspecified atom stereocenters. The lowest BCUT2D eigenvalue weighted by Crippen LogP contribution is -2.08. The number of aromatic nitrogens is 3. The third-order valence-corrected chi connectivity index (χ3v) is 4.24. The summed E-state index contributed by atoms with van der Waals surface area (Å²) in [5.41, 5.74) is 6.81. The summed E-state index contributed by atoms with van der Waals surface area (Å²) in [4.78, 5) is 1.23. The highest BCUT2D eigenvalue weighted by Gasteiger charge is 2.15. The lowest BCUT2D eigenvalue weighted by Gasteiger charge is -2.08. The molecule has 0 aliphatic heterocycles. The van der Waals surface area contributed by atoms with Crippen LogP contribution in [-0.4, -0.2) is 15.0 Å². The van der Waals surface area contributed by atoms with Gasteiger partial charge in [0.1, 0.15) is 0 Å². The van der Waals surface area contributed by atoms with Crippen molar-refractivity contribution in [3.8, 4) is 0 Å². The van der Waals surface area contributed by atoms with Crippen LogP contribution < -0.4 is 5.73 Å². The van der Waals surface area contributed by atoms with Gasteiger partial charge in [-0.2, -0.15) is 0 Å². The Hall–Kier alpha value is -0.880. The molecule has 6 heteroatoms. The van der Waals surface area contributed by atoms with Crippen LogP contribution in [0.3, 0.4) is 0 Å². The van der Waals surface area contributed by atoms with Crippen LogP contribution in [0.5, 0.6) is 0 Å². The number of nitrogens with zero attached hydrogens (tertiary/aromatic N) is 3. The van der Waals surface area contributed by atoms with Crippen molar-refractivity contribution in [2.24, 2.45) is 0 Å². The topological polar surface area (TPSA) is 56.7 Å². The van der Waals surface area contributed by atoms with Gasteiger partial charge < -0.3 is 5.73 Å².